The molecule has 1 aliphatic rings. The number of para-hydroxylation sites is 2. The Bertz CT molecular complexity index is 1070. The molecule has 0 radical (unpaired) electrons. The van der Waals surface area contributed by atoms with Crippen LogP contribution >= 0.6 is 0 Å². The van der Waals surface area contributed by atoms with E-state index in [9.17, 15) is 4.79 Å². The minimum Gasteiger partial charge on any atom is -0.444 e. The third-order valence-corrected chi connectivity index (χ3v) is 5.65. The van der Waals surface area contributed by atoms with Crippen LogP contribution in [0.2, 0.25) is 0 Å². The molecule has 1 N–H and O–H groups in total. The highest BCUT2D eigenvalue weighted by molar-refractivity contribution is 5.79. The zero-order valence-corrected chi connectivity index (χ0v) is 18.9. The van der Waals surface area contributed by atoms with Crippen LogP contribution < -0.4 is 5.32 Å². The maximum atomic E-state index is 12.6. The van der Waals surface area contributed by atoms with Gasteiger partial charge >= 0.3 is 6.09 Å². The van der Waals surface area contributed by atoms with Crippen LogP contribution in [0.3, 0.4) is 0 Å². The van der Waals surface area contributed by atoms with E-state index in [4.69, 9.17) is 9.72 Å². The number of fused-ring (bicyclic) bond motifs is 1. The van der Waals surface area contributed by atoms with Crippen molar-refractivity contribution in [3.05, 3.63) is 59.7 Å². The number of nitrogens with zero attached hydrogens (tertiary/aromatic N) is 3. The molecule has 1 aromatic heterocycles. The highest BCUT2D eigenvalue weighted by atomic mass is 16.6. The van der Waals surface area contributed by atoms with Crippen molar-refractivity contribution in [2.75, 3.05) is 18.4 Å². The molecule has 1 fully saturated rings. The second kappa shape index (κ2) is 8.61. The first kappa shape index (κ1) is 21.2. The molecule has 0 aliphatic carbocycles. The van der Waals surface area contributed by atoms with Crippen LogP contribution in [0.5, 0.6) is 0 Å². The molecule has 4 rings (SSSR count). The van der Waals surface area contributed by atoms with Crippen LogP contribution in [0.25, 0.3) is 11.0 Å². The number of aromatic nitrogens is 2. The maximum Gasteiger partial charge on any atom is 0.410 e. The molecule has 0 spiro atoms. The summed E-state index contributed by atoms with van der Waals surface area (Å²) in [4.78, 5) is 19.2. The summed E-state index contributed by atoms with van der Waals surface area (Å²) < 4.78 is 7.82. The molecular weight excluding hydrogens is 388 g/mol. The molecule has 6 nitrogen and oxygen atoms in total. The Morgan fingerprint density at radius 2 is 1.90 bits per heavy atom. The average Bonchev–Trinajstić information content (AvgIpc) is 3.06. The molecule has 31 heavy (non-hydrogen) atoms. The van der Waals surface area contributed by atoms with E-state index in [2.05, 4.69) is 47.1 Å². The molecule has 1 aliphatic heterocycles. The molecule has 164 valence electrons. The van der Waals surface area contributed by atoms with Gasteiger partial charge in [-0.2, -0.15) is 0 Å². The van der Waals surface area contributed by atoms with Crippen LogP contribution in [0, 0.1) is 6.92 Å². The van der Waals surface area contributed by atoms with Crippen LogP contribution in [0.4, 0.5) is 10.7 Å². The number of piperidine rings is 1. The standard InChI is InChI=1S/C25H32N4O2/c1-18-10-5-6-11-19(18)16-29-22-14-8-7-13-21(22)27-23(29)26-20-12-9-15-28(17-20)24(30)31-25(2,3)4/h5-8,10-11,13-14,20H,9,12,15-17H2,1-4H3,(H,26,27)/t20-/m1/s1. The largest absolute Gasteiger partial charge is 0.444 e. The molecule has 1 amide bonds. The Labute approximate surface area is 184 Å². The molecule has 1 saturated heterocycles. The highest BCUT2D eigenvalue weighted by Crippen LogP contribution is 2.25. The van der Waals surface area contributed by atoms with Gasteiger partial charge in [-0.3, -0.25) is 0 Å². The first-order chi connectivity index (χ1) is 14.8. The van der Waals surface area contributed by atoms with E-state index in [-0.39, 0.29) is 12.1 Å². The SMILES string of the molecule is Cc1ccccc1Cn1c(N[C@@H]2CCCN(C(=O)OC(C)(C)C)C2)nc2ccccc21. The second-order valence-corrected chi connectivity index (χ2v) is 9.35. The van der Waals surface area contributed by atoms with Crippen LogP contribution in [0.15, 0.2) is 48.5 Å². The summed E-state index contributed by atoms with van der Waals surface area (Å²) in [5, 5.41) is 3.63. The second-order valence-electron chi connectivity index (χ2n) is 9.35. The van der Waals surface area contributed by atoms with E-state index in [0.29, 0.717) is 6.54 Å². The fourth-order valence-electron chi connectivity index (χ4n) is 4.07. The normalized spacial score (nSPS) is 17.0. The van der Waals surface area contributed by atoms with Crippen molar-refractivity contribution in [2.24, 2.45) is 0 Å². The number of carbonyl (C=O) groups is 1. The number of carbonyl (C=O) groups excluding carboxylic acids is 1. The van der Waals surface area contributed by atoms with Gasteiger partial charge in [0.1, 0.15) is 5.60 Å². The van der Waals surface area contributed by atoms with E-state index in [1.54, 1.807) is 4.90 Å². The number of hydrogen-bond acceptors (Lipinski definition) is 4. The Morgan fingerprint density at radius 3 is 2.68 bits per heavy atom. The molecule has 2 aromatic carbocycles. The molecule has 0 saturated carbocycles. The van der Waals surface area contributed by atoms with Gasteiger partial charge in [-0.1, -0.05) is 36.4 Å². The van der Waals surface area contributed by atoms with Gasteiger partial charge in [0.25, 0.3) is 0 Å². The average molecular weight is 421 g/mol. The zero-order chi connectivity index (χ0) is 22.0. The van der Waals surface area contributed by atoms with Crippen molar-refractivity contribution >= 4 is 23.1 Å². The lowest BCUT2D eigenvalue weighted by molar-refractivity contribution is 0.0206. The number of imidazole rings is 1. The Hall–Kier alpha value is -3.02. The minimum absolute atomic E-state index is 0.133. The summed E-state index contributed by atoms with van der Waals surface area (Å²) in [5.74, 6) is 0.848. The van der Waals surface area contributed by atoms with Crippen LogP contribution in [-0.2, 0) is 11.3 Å². The van der Waals surface area contributed by atoms with E-state index in [1.165, 1.54) is 11.1 Å². The summed E-state index contributed by atoms with van der Waals surface area (Å²) in [5.41, 5.74) is 4.12. The van der Waals surface area contributed by atoms with Gasteiger partial charge < -0.3 is 19.5 Å². The van der Waals surface area contributed by atoms with Crippen LogP contribution in [-0.4, -0.2) is 45.3 Å². The Kier molecular flexibility index (Phi) is 5.90. The van der Waals surface area contributed by atoms with E-state index in [0.717, 1.165) is 42.9 Å². The van der Waals surface area contributed by atoms with E-state index >= 15 is 0 Å². The van der Waals surface area contributed by atoms with Gasteiger partial charge in [-0.15, -0.1) is 0 Å². The van der Waals surface area contributed by atoms with E-state index < -0.39 is 5.60 Å². The first-order valence-electron chi connectivity index (χ1n) is 11.0. The fourth-order valence-corrected chi connectivity index (χ4v) is 4.07. The lowest BCUT2D eigenvalue weighted by atomic mass is 10.1. The van der Waals surface area contributed by atoms with Gasteiger partial charge in [-0.25, -0.2) is 9.78 Å². The van der Waals surface area contributed by atoms with E-state index in [1.807, 2.05) is 39.0 Å². The number of nitrogens with one attached hydrogen (secondary N) is 1. The molecule has 0 bridgehead atoms. The fraction of sp³-hybridized carbons (Fsp3) is 0.440. The molecule has 2 heterocycles. The summed E-state index contributed by atoms with van der Waals surface area (Å²) in [6.45, 7) is 9.93. The topological polar surface area (TPSA) is 59.4 Å². The number of aryl methyl sites for hydroxylation is 1. The van der Waals surface area contributed by atoms with Gasteiger partial charge in [-0.05, 0) is 63.8 Å². The summed E-state index contributed by atoms with van der Waals surface area (Å²) in [6, 6.07) is 16.8. The predicted molar refractivity (Wildman–Crippen MR) is 124 cm³/mol. The van der Waals surface area contributed by atoms with Gasteiger partial charge in [0, 0.05) is 19.1 Å². The third kappa shape index (κ3) is 5.01. The number of rotatable bonds is 4. The number of amides is 1. The van der Waals surface area contributed by atoms with Gasteiger partial charge in [0.05, 0.1) is 17.6 Å². The monoisotopic (exact) mass is 420 g/mol. The molecule has 3 aromatic rings. The molecule has 0 unspecified atom stereocenters. The Balaban J connectivity index is 1.57. The molecular formula is C25H32N4O2. The van der Waals surface area contributed by atoms with Crippen molar-refractivity contribution in [2.45, 2.75) is 58.7 Å². The van der Waals surface area contributed by atoms with Crippen molar-refractivity contribution in [3.8, 4) is 0 Å². The summed E-state index contributed by atoms with van der Waals surface area (Å²) in [7, 11) is 0. The lowest BCUT2D eigenvalue weighted by Crippen LogP contribution is -2.47. The molecule has 6 heteroatoms. The first-order valence-corrected chi connectivity index (χ1v) is 11.0. The maximum absolute atomic E-state index is 12.6. The number of ether oxygens (including phenoxy) is 1. The molecule has 1 atom stereocenters. The van der Waals surface area contributed by atoms with Crippen molar-refractivity contribution in [1.29, 1.82) is 0 Å². The lowest BCUT2D eigenvalue weighted by Gasteiger charge is -2.34. The third-order valence-electron chi connectivity index (χ3n) is 5.65. The van der Waals surface area contributed by atoms with Crippen LogP contribution in [0.1, 0.15) is 44.7 Å². The number of anilines is 1. The minimum atomic E-state index is -0.487. The smallest absolute Gasteiger partial charge is 0.410 e. The number of benzene rings is 2. The number of hydrogen-bond donors (Lipinski definition) is 1. The van der Waals surface area contributed by atoms with Crippen molar-refractivity contribution < 1.29 is 9.53 Å². The summed E-state index contributed by atoms with van der Waals surface area (Å²) in [6.07, 6.45) is 1.69. The zero-order valence-electron chi connectivity index (χ0n) is 18.9. The highest BCUT2D eigenvalue weighted by Gasteiger charge is 2.28. The van der Waals surface area contributed by atoms with Crippen molar-refractivity contribution in [1.82, 2.24) is 14.5 Å². The van der Waals surface area contributed by atoms with Gasteiger partial charge in [0.15, 0.2) is 0 Å². The quantitative estimate of drug-likeness (QED) is 0.630. The Morgan fingerprint density at radius 1 is 1.16 bits per heavy atom. The van der Waals surface area contributed by atoms with Crippen molar-refractivity contribution in [3.63, 3.8) is 0 Å². The number of likely N-dealkylation sites (tertiary alicyclic amines) is 1. The predicted octanol–water partition coefficient (Wildman–Crippen LogP) is 5.20. The summed E-state index contributed by atoms with van der Waals surface area (Å²) >= 11 is 0. The van der Waals surface area contributed by atoms with Gasteiger partial charge in [0.2, 0.25) is 5.95 Å².